The smallest absolute Gasteiger partial charge is 0.339 e. The minimum atomic E-state index is -0.958. The Labute approximate surface area is 106 Å². The quantitative estimate of drug-likeness (QED) is 0.836. The number of anilines is 1. The molecule has 0 aromatic carbocycles. The molecule has 2 atom stereocenters. The first-order valence-electron chi connectivity index (χ1n) is 6.26. The third-order valence-electron chi connectivity index (χ3n) is 3.32. The van der Waals surface area contributed by atoms with Crippen LogP contribution < -0.4 is 5.32 Å². The van der Waals surface area contributed by atoms with Crippen molar-refractivity contribution in [2.75, 3.05) is 18.5 Å². The summed E-state index contributed by atoms with van der Waals surface area (Å²) in [6.07, 6.45) is 3.87. The summed E-state index contributed by atoms with van der Waals surface area (Å²) >= 11 is 0. The van der Waals surface area contributed by atoms with Crippen LogP contribution in [0, 0.1) is 5.92 Å². The third kappa shape index (κ3) is 2.79. The average Bonchev–Trinajstić information content (AvgIpc) is 2.84. The van der Waals surface area contributed by atoms with E-state index in [1.165, 1.54) is 0 Å². The predicted octanol–water partition coefficient (Wildman–Crippen LogP) is 2.01. The van der Waals surface area contributed by atoms with Crippen LogP contribution in [0.25, 0.3) is 0 Å². The molecule has 0 amide bonds. The molecule has 1 fully saturated rings. The van der Waals surface area contributed by atoms with Crippen LogP contribution in [-0.4, -0.2) is 35.3 Å². The largest absolute Gasteiger partial charge is 0.478 e. The van der Waals surface area contributed by atoms with Gasteiger partial charge in [-0.2, -0.15) is 0 Å². The van der Waals surface area contributed by atoms with Gasteiger partial charge in [-0.25, -0.2) is 9.78 Å². The normalized spacial score (nSPS) is 22.9. The molecule has 2 heterocycles. The molecule has 2 N–H and O–H groups in total. The maximum absolute atomic E-state index is 11.0. The Balaban J connectivity index is 2.00. The average molecular weight is 250 g/mol. The van der Waals surface area contributed by atoms with E-state index in [2.05, 4.69) is 17.2 Å². The van der Waals surface area contributed by atoms with E-state index >= 15 is 0 Å². The van der Waals surface area contributed by atoms with Gasteiger partial charge in [0.15, 0.2) is 0 Å². The highest BCUT2D eigenvalue weighted by atomic mass is 16.5. The molecule has 98 valence electrons. The van der Waals surface area contributed by atoms with Crippen molar-refractivity contribution in [3.05, 3.63) is 23.9 Å². The van der Waals surface area contributed by atoms with Gasteiger partial charge in [0.2, 0.25) is 0 Å². The zero-order valence-electron chi connectivity index (χ0n) is 10.4. The van der Waals surface area contributed by atoms with Gasteiger partial charge in [0.05, 0.1) is 6.10 Å². The second-order valence-corrected chi connectivity index (χ2v) is 4.45. The van der Waals surface area contributed by atoms with Crippen molar-refractivity contribution in [1.82, 2.24) is 4.98 Å². The molecule has 0 saturated carbocycles. The number of carbonyl (C=O) groups is 1. The van der Waals surface area contributed by atoms with Gasteiger partial charge in [-0.3, -0.25) is 0 Å². The monoisotopic (exact) mass is 250 g/mol. The summed E-state index contributed by atoms with van der Waals surface area (Å²) in [7, 11) is 0. The first-order chi connectivity index (χ1) is 8.72. The minimum absolute atomic E-state index is 0.212. The predicted molar refractivity (Wildman–Crippen MR) is 67.8 cm³/mol. The maximum Gasteiger partial charge on any atom is 0.339 e. The first-order valence-corrected chi connectivity index (χ1v) is 6.26. The lowest BCUT2D eigenvalue weighted by Gasteiger charge is -2.18. The maximum atomic E-state index is 11.0. The van der Waals surface area contributed by atoms with Crippen molar-refractivity contribution in [2.24, 2.45) is 5.92 Å². The Bertz CT molecular complexity index is 422. The van der Waals surface area contributed by atoms with Crippen LogP contribution in [0.4, 0.5) is 5.82 Å². The Morgan fingerprint density at radius 2 is 2.50 bits per heavy atom. The van der Waals surface area contributed by atoms with E-state index in [9.17, 15) is 4.79 Å². The van der Waals surface area contributed by atoms with E-state index in [1.54, 1.807) is 18.3 Å². The lowest BCUT2D eigenvalue weighted by Crippen LogP contribution is -2.23. The van der Waals surface area contributed by atoms with E-state index in [0.29, 0.717) is 18.3 Å². The van der Waals surface area contributed by atoms with E-state index in [0.717, 1.165) is 19.4 Å². The molecule has 1 aliphatic heterocycles. The Kier molecular flexibility index (Phi) is 4.15. The molecule has 0 bridgehead atoms. The summed E-state index contributed by atoms with van der Waals surface area (Å²) in [6, 6.07) is 3.18. The molecular formula is C13H18N2O3. The number of aromatic carboxylic acids is 1. The summed E-state index contributed by atoms with van der Waals surface area (Å²) in [4.78, 5) is 15.1. The fraction of sp³-hybridized carbons (Fsp3) is 0.538. The molecule has 0 radical (unpaired) electrons. The molecule has 1 saturated heterocycles. The fourth-order valence-corrected chi connectivity index (χ4v) is 2.32. The van der Waals surface area contributed by atoms with E-state index in [1.807, 2.05) is 0 Å². The number of rotatable bonds is 5. The van der Waals surface area contributed by atoms with Crippen LogP contribution in [0.3, 0.4) is 0 Å². The zero-order valence-corrected chi connectivity index (χ0v) is 10.4. The van der Waals surface area contributed by atoms with Crippen LogP contribution in [-0.2, 0) is 4.74 Å². The van der Waals surface area contributed by atoms with Crippen LogP contribution in [0.15, 0.2) is 18.3 Å². The molecule has 5 nitrogen and oxygen atoms in total. The van der Waals surface area contributed by atoms with Crippen LogP contribution in [0.2, 0.25) is 0 Å². The molecule has 0 spiro atoms. The van der Waals surface area contributed by atoms with Gasteiger partial charge >= 0.3 is 5.97 Å². The molecule has 1 aromatic rings. The van der Waals surface area contributed by atoms with E-state index < -0.39 is 5.97 Å². The number of pyridine rings is 1. The highest BCUT2D eigenvalue weighted by Crippen LogP contribution is 2.24. The van der Waals surface area contributed by atoms with Crippen LogP contribution >= 0.6 is 0 Å². The standard InChI is InChI=1S/C13H18N2O3/c1-2-11-9(5-7-18-11)8-15-12-10(13(16)17)4-3-6-14-12/h3-4,6,9,11H,2,5,7-8H2,1H3,(H,14,15)(H,16,17). The number of hydrogen-bond acceptors (Lipinski definition) is 4. The lowest BCUT2D eigenvalue weighted by molar-refractivity contribution is 0.0697. The molecule has 1 aliphatic rings. The highest BCUT2D eigenvalue weighted by Gasteiger charge is 2.26. The van der Waals surface area contributed by atoms with Gasteiger partial charge < -0.3 is 15.2 Å². The van der Waals surface area contributed by atoms with Gasteiger partial charge in [0.1, 0.15) is 11.4 Å². The Morgan fingerprint density at radius 3 is 3.22 bits per heavy atom. The SMILES string of the molecule is CCC1OCCC1CNc1ncccc1C(=O)O. The number of ether oxygens (including phenoxy) is 1. The minimum Gasteiger partial charge on any atom is -0.478 e. The van der Waals surface area contributed by atoms with Crippen molar-refractivity contribution in [3.63, 3.8) is 0 Å². The number of nitrogens with zero attached hydrogens (tertiary/aromatic N) is 1. The Morgan fingerprint density at radius 1 is 1.67 bits per heavy atom. The van der Waals surface area contributed by atoms with Crippen molar-refractivity contribution >= 4 is 11.8 Å². The van der Waals surface area contributed by atoms with Gasteiger partial charge in [-0.05, 0) is 25.0 Å². The van der Waals surface area contributed by atoms with Gasteiger partial charge in [0.25, 0.3) is 0 Å². The van der Waals surface area contributed by atoms with Crippen molar-refractivity contribution in [1.29, 1.82) is 0 Å². The number of carboxylic acid groups (broad SMARTS) is 1. The second kappa shape index (κ2) is 5.82. The molecule has 18 heavy (non-hydrogen) atoms. The van der Waals surface area contributed by atoms with Gasteiger partial charge in [-0.15, -0.1) is 0 Å². The summed E-state index contributed by atoms with van der Waals surface area (Å²) < 4.78 is 5.60. The topological polar surface area (TPSA) is 71.5 Å². The summed E-state index contributed by atoms with van der Waals surface area (Å²) in [5, 5.41) is 12.2. The zero-order chi connectivity index (χ0) is 13.0. The molecule has 1 aromatic heterocycles. The highest BCUT2D eigenvalue weighted by molar-refractivity contribution is 5.92. The summed E-state index contributed by atoms with van der Waals surface area (Å²) in [6.45, 7) is 3.60. The number of hydrogen-bond donors (Lipinski definition) is 2. The lowest BCUT2D eigenvalue weighted by atomic mass is 9.99. The second-order valence-electron chi connectivity index (χ2n) is 4.45. The van der Waals surface area contributed by atoms with Crippen molar-refractivity contribution < 1.29 is 14.6 Å². The summed E-state index contributed by atoms with van der Waals surface area (Å²) in [5.41, 5.74) is 0.212. The first kappa shape index (κ1) is 12.8. The number of aromatic nitrogens is 1. The molecular weight excluding hydrogens is 232 g/mol. The molecule has 5 heteroatoms. The van der Waals surface area contributed by atoms with Gasteiger partial charge in [-0.1, -0.05) is 6.92 Å². The van der Waals surface area contributed by atoms with Crippen LogP contribution in [0.5, 0.6) is 0 Å². The molecule has 0 aliphatic carbocycles. The summed E-state index contributed by atoms with van der Waals surface area (Å²) in [5.74, 6) is -0.0919. The third-order valence-corrected chi connectivity index (χ3v) is 3.32. The van der Waals surface area contributed by atoms with Crippen molar-refractivity contribution in [2.45, 2.75) is 25.9 Å². The van der Waals surface area contributed by atoms with Crippen LogP contribution in [0.1, 0.15) is 30.1 Å². The van der Waals surface area contributed by atoms with E-state index in [-0.39, 0.29) is 11.7 Å². The van der Waals surface area contributed by atoms with E-state index in [4.69, 9.17) is 9.84 Å². The number of nitrogens with one attached hydrogen (secondary N) is 1. The van der Waals surface area contributed by atoms with Crippen molar-refractivity contribution in [3.8, 4) is 0 Å². The molecule has 2 unspecified atom stereocenters. The number of carboxylic acids is 1. The molecule has 2 rings (SSSR count). The van der Waals surface area contributed by atoms with Gasteiger partial charge in [0, 0.05) is 25.3 Å². The fourth-order valence-electron chi connectivity index (χ4n) is 2.32. The Hall–Kier alpha value is -1.62.